The quantitative estimate of drug-likeness (QED) is 0.745. The number of thioether (sulfide) groups is 1. The molecule has 4 nitrogen and oxygen atoms in total. The standard InChI is InChI=1S/C11H19NO3S/c1-3-6-16-7-9(13)12-5-4-11(2,8-12)10(14)15/h3-8H2,1-2H3,(H,14,15). The number of nitrogens with zero attached hydrogens (tertiary/aromatic N) is 1. The summed E-state index contributed by atoms with van der Waals surface area (Å²) in [5, 5.41) is 9.04. The van der Waals surface area contributed by atoms with Crippen LogP contribution in [0.5, 0.6) is 0 Å². The van der Waals surface area contributed by atoms with Crippen molar-refractivity contribution in [3.63, 3.8) is 0 Å². The van der Waals surface area contributed by atoms with Gasteiger partial charge in [0.25, 0.3) is 0 Å². The fourth-order valence-electron chi connectivity index (χ4n) is 1.74. The second-order valence-electron chi connectivity index (χ2n) is 4.48. The molecule has 1 saturated heterocycles. The van der Waals surface area contributed by atoms with Crippen molar-refractivity contribution in [3.8, 4) is 0 Å². The molecule has 1 aliphatic rings. The molecule has 0 aromatic rings. The lowest BCUT2D eigenvalue weighted by atomic mass is 9.90. The average Bonchev–Trinajstić information content (AvgIpc) is 2.63. The topological polar surface area (TPSA) is 57.6 Å². The maximum Gasteiger partial charge on any atom is 0.311 e. The molecule has 0 aromatic heterocycles. The molecule has 1 rings (SSSR count). The van der Waals surface area contributed by atoms with Crippen LogP contribution in [-0.2, 0) is 9.59 Å². The molecule has 1 aliphatic heterocycles. The molecule has 1 heterocycles. The van der Waals surface area contributed by atoms with E-state index in [4.69, 9.17) is 5.11 Å². The number of carbonyl (C=O) groups is 2. The predicted octanol–water partition coefficient (Wildman–Crippen LogP) is 1.45. The largest absolute Gasteiger partial charge is 0.481 e. The average molecular weight is 245 g/mol. The monoisotopic (exact) mass is 245 g/mol. The van der Waals surface area contributed by atoms with Crippen molar-refractivity contribution >= 4 is 23.6 Å². The van der Waals surface area contributed by atoms with Crippen molar-refractivity contribution < 1.29 is 14.7 Å². The van der Waals surface area contributed by atoms with E-state index < -0.39 is 11.4 Å². The van der Waals surface area contributed by atoms with Gasteiger partial charge in [0, 0.05) is 13.1 Å². The van der Waals surface area contributed by atoms with Crippen molar-refractivity contribution in [2.45, 2.75) is 26.7 Å². The van der Waals surface area contributed by atoms with E-state index >= 15 is 0 Å². The van der Waals surface area contributed by atoms with Gasteiger partial charge < -0.3 is 10.0 Å². The van der Waals surface area contributed by atoms with Crippen LogP contribution in [0.15, 0.2) is 0 Å². The van der Waals surface area contributed by atoms with E-state index in [1.165, 1.54) is 0 Å². The summed E-state index contributed by atoms with van der Waals surface area (Å²) in [7, 11) is 0. The van der Waals surface area contributed by atoms with Gasteiger partial charge in [0.05, 0.1) is 11.2 Å². The van der Waals surface area contributed by atoms with Gasteiger partial charge in [-0.25, -0.2) is 0 Å². The molecule has 0 aromatic carbocycles. The summed E-state index contributed by atoms with van der Waals surface area (Å²) in [4.78, 5) is 24.4. The Kier molecular flexibility index (Phi) is 4.65. The van der Waals surface area contributed by atoms with Crippen molar-refractivity contribution in [2.24, 2.45) is 5.41 Å². The molecule has 1 atom stereocenters. The molecule has 0 radical (unpaired) electrons. The van der Waals surface area contributed by atoms with Gasteiger partial charge >= 0.3 is 5.97 Å². The first-order chi connectivity index (χ1) is 7.49. The van der Waals surface area contributed by atoms with Crippen molar-refractivity contribution in [1.82, 2.24) is 4.90 Å². The van der Waals surface area contributed by atoms with Crippen LogP contribution in [-0.4, -0.2) is 46.5 Å². The normalized spacial score (nSPS) is 24.8. The molecule has 92 valence electrons. The first-order valence-electron chi connectivity index (χ1n) is 5.58. The molecule has 1 fully saturated rings. The molecular formula is C11H19NO3S. The van der Waals surface area contributed by atoms with E-state index in [0.29, 0.717) is 25.3 Å². The number of carboxylic acid groups (broad SMARTS) is 1. The first-order valence-corrected chi connectivity index (χ1v) is 6.74. The number of hydrogen-bond acceptors (Lipinski definition) is 3. The van der Waals surface area contributed by atoms with Crippen LogP contribution >= 0.6 is 11.8 Å². The highest BCUT2D eigenvalue weighted by Crippen LogP contribution is 2.30. The van der Waals surface area contributed by atoms with Crippen LogP contribution in [0, 0.1) is 5.41 Å². The number of carboxylic acids is 1. The third-order valence-electron chi connectivity index (χ3n) is 2.92. The maximum atomic E-state index is 11.7. The van der Waals surface area contributed by atoms with Gasteiger partial charge in [0.15, 0.2) is 0 Å². The highest BCUT2D eigenvalue weighted by Gasteiger charge is 2.41. The summed E-state index contributed by atoms with van der Waals surface area (Å²) in [5.74, 6) is 0.728. The van der Waals surface area contributed by atoms with Gasteiger partial charge in [-0.2, -0.15) is 11.8 Å². The van der Waals surface area contributed by atoms with E-state index in [1.54, 1.807) is 23.6 Å². The maximum absolute atomic E-state index is 11.7. The zero-order valence-corrected chi connectivity index (χ0v) is 10.7. The number of amides is 1. The molecule has 16 heavy (non-hydrogen) atoms. The second kappa shape index (κ2) is 5.57. The van der Waals surface area contributed by atoms with Gasteiger partial charge in [0.1, 0.15) is 0 Å². The third kappa shape index (κ3) is 3.14. The van der Waals surface area contributed by atoms with Crippen LogP contribution in [0.3, 0.4) is 0 Å². The lowest BCUT2D eigenvalue weighted by Crippen LogP contribution is -2.35. The number of rotatable bonds is 5. The Morgan fingerprint density at radius 3 is 2.69 bits per heavy atom. The SMILES string of the molecule is CCCSCC(=O)N1CCC(C)(C(=O)O)C1. The summed E-state index contributed by atoms with van der Waals surface area (Å²) >= 11 is 1.62. The predicted molar refractivity (Wildman–Crippen MR) is 64.6 cm³/mol. The Hall–Kier alpha value is -0.710. The Labute approximate surface area is 100 Å². The fraction of sp³-hybridized carbons (Fsp3) is 0.818. The van der Waals surface area contributed by atoms with Crippen LogP contribution in [0.2, 0.25) is 0 Å². The molecule has 0 saturated carbocycles. The Morgan fingerprint density at radius 1 is 1.50 bits per heavy atom. The van der Waals surface area contributed by atoms with Gasteiger partial charge in [-0.15, -0.1) is 0 Å². The van der Waals surface area contributed by atoms with Crippen molar-refractivity contribution in [1.29, 1.82) is 0 Å². The first kappa shape index (κ1) is 13.4. The minimum absolute atomic E-state index is 0.0726. The fourth-order valence-corrected chi connectivity index (χ4v) is 2.53. The molecular weight excluding hydrogens is 226 g/mol. The Morgan fingerprint density at radius 2 is 2.19 bits per heavy atom. The van der Waals surface area contributed by atoms with Crippen molar-refractivity contribution in [2.75, 3.05) is 24.6 Å². The Balaban J connectivity index is 2.41. The molecule has 0 aliphatic carbocycles. The van der Waals surface area contributed by atoms with Crippen molar-refractivity contribution in [3.05, 3.63) is 0 Å². The zero-order chi connectivity index (χ0) is 12.2. The van der Waals surface area contributed by atoms with Gasteiger partial charge in [-0.1, -0.05) is 6.92 Å². The highest BCUT2D eigenvalue weighted by atomic mass is 32.2. The van der Waals surface area contributed by atoms with Crippen LogP contribution in [0.4, 0.5) is 0 Å². The minimum atomic E-state index is -0.802. The van der Waals surface area contributed by atoms with E-state index in [1.807, 2.05) is 0 Å². The minimum Gasteiger partial charge on any atom is -0.481 e. The molecule has 0 spiro atoms. The molecule has 5 heteroatoms. The third-order valence-corrected chi connectivity index (χ3v) is 4.06. The number of carbonyl (C=O) groups excluding carboxylic acids is 1. The summed E-state index contributed by atoms with van der Waals surface area (Å²) in [6.07, 6.45) is 1.62. The van der Waals surface area contributed by atoms with Crippen LogP contribution < -0.4 is 0 Å². The molecule has 1 unspecified atom stereocenters. The molecule has 0 bridgehead atoms. The number of likely N-dealkylation sites (tertiary alicyclic amines) is 1. The van der Waals surface area contributed by atoms with Gasteiger partial charge in [-0.05, 0) is 25.5 Å². The smallest absolute Gasteiger partial charge is 0.311 e. The molecule has 1 amide bonds. The van der Waals surface area contributed by atoms with Crippen LogP contribution in [0.1, 0.15) is 26.7 Å². The summed E-state index contributed by atoms with van der Waals surface area (Å²) < 4.78 is 0. The lowest BCUT2D eigenvalue weighted by Gasteiger charge is -2.20. The van der Waals surface area contributed by atoms with Gasteiger partial charge in [-0.3, -0.25) is 9.59 Å². The van der Waals surface area contributed by atoms with E-state index in [2.05, 4.69) is 6.92 Å². The van der Waals surface area contributed by atoms with E-state index in [9.17, 15) is 9.59 Å². The Bertz CT molecular complexity index is 282. The van der Waals surface area contributed by atoms with Gasteiger partial charge in [0.2, 0.25) is 5.91 Å². The molecule has 1 N–H and O–H groups in total. The summed E-state index contributed by atoms with van der Waals surface area (Å²) in [6, 6.07) is 0. The number of hydrogen-bond donors (Lipinski definition) is 1. The van der Waals surface area contributed by atoms with E-state index in [0.717, 1.165) is 12.2 Å². The second-order valence-corrected chi connectivity index (χ2v) is 5.59. The van der Waals surface area contributed by atoms with E-state index in [-0.39, 0.29) is 5.91 Å². The highest BCUT2D eigenvalue weighted by molar-refractivity contribution is 7.99. The zero-order valence-electron chi connectivity index (χ0n) is 9.86. The lowest BCUT2D eigenvalue weighted by molar-refractivity contribution is -0.147. The summed E-state index contributed by atoms with van der Waals surface area (Å²) in [6.45, 7) is 4.72. The van der Waals surface area contributed by atoms with Crippen LogP contribution in [0.25, 0.3) is 0 Å². The summed E-state index contributed by atoms with van der Waals surface area (Å²) in [5.41, 5.74) is -0.745. The number of aliphatic carboxylic acids is 1.